The normalized spacial score (nSPS) is 17.2. The summed E-state index contributed by atoms with van der Waals surface area (Å²) in [5, 5.41) is 0. The second-order valence-corrected chi connectivity index (χ2v) is 25.7. The second-order valence-electron chi connectivity index (χ2n) is 25.7. The molecule has 0 radical (unpaired) electrons. The van der Waals surface area contributed by atoms with Gasteiger partial charge >= 0.3 is 101 Å². The first-order chi connectivity index (χ1) is 54.4. The summed E-state index contributed by atoms with van der Waals surface area (Å²) < 4.78 is 121. The molecule has 610 valence electrons. The highest BCUT2D eigenvalue weighted by atomic mass is 16.6. The fraction of sp³-hybridized carbons (Fsp3) is 0.329. The Morgan fingerprint density at radius 3 is 0.957 bits per heavy atom. The van der Waals surface area contributed by atoms with E-state index in [0.717, 1.165) is 172 Å². The van der Waals surface area contributed by atoms with Crippen LogP contribution in [0.2, 0.25) is 0 Å². The highest BCUT2D eigenvalue weighted by Crippen LogP contribution is 2.65. The monoisotopic (exact) mass is 1610 g/mol. The number of carbonyl (C=O) groups is 17. The van der Waals surface area contributed by atoms with Crippen molar-refractivity contribution in [2.75, 3.05) is 0 Å². The van der Waals surface area contributed by atoms with E-state index in [2.05, 4.69) is 0 Å². The molecule has 9 rings (SSSR count). The molecule has 6 aromatic carbocycles. The zero-order valence-corrected chi connectivity index (χ0v) is 64.8. The molecule has 3 heterocycles. The molecule has 6 aromatic rings. The maximum absolute atomic E-state index is 14.6. The molecule has 116 heavy (non-hydrogen) atoms. The van der Waals surface area contributed by atoms with Crippen LogP contribution in [-0.4, -0.2) is 120 Å². The van der Waals surface area contributed by atoms with Crippen LogP contribution in [0.1, 0.15) is 192 Å². The van der Waals surface area contributed by atoms with Crippen LogP contribution in [0.4, 0.5) is 0 Å². The van der Waals surface area contributed by atoms with E-state index in [-0.39, 0.29) is 22.4 Å². The van der Waals surface area contributed by atoms with E-state index in [1.54, 1.807) is 0 Å². The van der Waals surface area contributed by atoms with Gasteiger partial charge in [0.2, 0.25) is 11.5 Å². The van der Waals surface area contributed by atoms with Gasteiger partial charge in [0.05, 0.1) is 11.8 Å². The predicted octanol–water partition coefficient (Wildman–Crippen LogP) is 8.64. The van der Waals surface area contributed by atoms with Gasteiger partial charge in [-0.2, -0.15) is 0 Å². The lowest BCUT2D eigenvalue weighted by Gasteiger charge is -2.45. The average molecular weight is 1610 g/mol. The van der Waals surface area contributed by atoms with Crippen LogP contribution < -0.4 is 80.5 Å². The Bertz CT molecular complexity index is 5100. The molecule has 37 nitrogen and oxygen atoms in total. The Morgan fingerprint density at radius 2 is 0.569 bits per heavy atom. The number of benzene rings is 6. The molecule has 3 aliphatic rings. The molecule has 0 amide bonds. The van der Waals surface area contributed by atoms with Gasteiger partial charge in [0.15, 0.2) is 65.0 Å². The van der Waals surface area contributed by atoms with Gasteiger partial charge in [-0.05, 0) is 36.4 Å². The molecule has 0 unspecified atom stereocenters. The molecule has 8 atom stereocenters. The number of carbonyl (C=O) groups excluding carboxylic acids is 17. The summed E-state index contributed by atoms with van der Waals surface area (Å²) in [5.74, 6) is -34.2. The van der Waals surface area contributed by atoms with Crippen LogP contribution in [0.15, 0.2) is 66.7 Å². The number of fused-ring (bicyclic) bond motifs is 3. The summed E-state index contributed by atoms with van der Waals surface area (Å²) in [6.07, 6.45) is -12.9. The topological polar surface area (TPSA) is 475 Å². The summed E-state index contributed by atoms with van der Waals surface area (Å²) in [4.78, 5) is 230. The van der Waals surface area contributed by atoms with Crippen LogP contribution in [-0.2, 0) is 102 Å². The number of hydrogen-bond acceptors (Lipinski definition) is 37. The van der Waals surface area contributed by atoms with Crippen molar-refractivity contribution in [1.29, 1.82) is 0 Å². The number of esters is 17. The van der Waals surface area contributed by atoms with Crippen LogP contribution in [0.25, 0.3) is 0 Å². The minimum atomic E-state index is -2.29. The molecule has 0 aliphatic carbocycles. The smallest absolute Gasteiger partial charge is 0.308 e. The third-order valence-corrected chi connectivity index (χ3v) is 16.2. The Balaban J connectivity index is 1.62. The van der Waals surface area contributed by atoms with Crippen molar-refractivity contribution in [2.45, 2.75) is 173 Å². The number of rotatable bonds is 22. The van der Waals surface area contributed by atoms with Crippen molar-refractivity contribution in [3.63, 3.8) is 0 Å². The molecule has 0 aromatic heterocycles. The maximum atomic E-state index is 14.6. The minimum absolute atomic E-state index is 0.0860. The van der Waals surface area contributed by atoms with E-state index in [4.69, 9.17) is 94.7 Å². The van der Waals surface area contributed by atoms with Crippen molar-refractivity contribution in [3.8, 4) is 97.7 Å². The maximum Gasteiger partial charge on any atom is 0.308 e. The Kier molecular flexibility index (Phi) is 26.3. The first-order valence-electron chi connectivity index (χ1n) is 34.6. The standard InChI is InChI=1S/C79H72O37/c1-30(80)97-50-25-55(101-34(5)84)65-56(26-50)114-72(48-21-60(105-38(9)88)75(110-43(14)93)61(22-48)106-39(10)89)78(112-45(16)95)69(65)67-58(103-36(7)86)29-59(104-37(8)87)68-70(79(113-46(17)96)73(116-77(67)68)49-23-62(107-40(11)90)76(111-44(15)94)63(24-49)108-41(12)91)66-57(102-35(6)85)28-53(99-32(3)82)51-27-64(109-42(13)92)71(115-74(51)66)47-18-19-52(98-31(2)81)54(20-47)100-33(4)83/h18-26,28-29,64,69-73,78-79H,27H2,1-17H3/t64-,69-,70+,71+,72+,73+,78-,79-/m0/s1. The molecule has 0 spiro atoms. The van der Waals surface area contributed by atoms with Crippen molar-refractivity contribution in [2.24, 2.45) is 0 Å². The SMILES string of the molecule is CC(=O)Oc1cc(OC(C)=O)c2c(c1)O[C@H](c1cc(OC(C)=O)c(OC(C)=O)c(OC(C)=O)c1)[C@@H](OC(C)=O)[C@@H]2c1c(OC(C)=O)cc(OC(C)=O)c2c1O[C@H](c1cc(OC(C)=O)c(OC(C)=O)c(OC(C)=O)c1)[C@@H](OC(C)=O)[C@@H]2c1c(OC(C)=O)cc(OC(C)=O)c2c1O[C@H](c1ccc(OC(C)=O)c(OC(C)=O)c1)[C@@H](OC(C)=O)C2. The molecule has 0 N–H and O–H groups in total. The number of hydrogen-bond donors (Lipinski definition) is 0. The second kappa shape index (κ2) is 35.6. The van der Waals surface area contributed by atoms with E-state index in [1.807, 2.05) is 0 Å². The first kappa shape index (κ1) is 85.7. The molecule has 0 fully saturated rings. The van der Waals surface area contributed by atoms with Crippen LogP contribution >= 0.6 is 0 Å². The largest absolute Gasteiger partial charge is 0.481 e. The van der Waals surface area contributed by atoms with Gasteiger partial charge in [0, 0.05) is 193 Å². The third kappa shape index (κ3) is 20.3. The van der Waals surface area contributed by atoms with Gasteiger partial charge in [-0.1, -0.05) is 6.07 Å². The van der Waals surface area contributed by atoms with Crippen LogP contribution in [0.3, 0.4) is 0 Å². The summed E-state index contributed by atoms with van der Waals surface area (Å²) in [6.45, 7) is 15.9. The van der Waals surface area contributed by atoms with E-state index in [1.165, 1.54) is 12.1 Å². The van der Waals surface area contributed by atoms with Gasteiger partial charge in [-0.3, -0.25) is 81.5 Å². The third-order valence-electron chi connectivity index (χ3n) is 16.2. The van der Waals surface area contributed by atoms with Gasteiger partial charge in [0.25, 0.3) is 0 Å². The molecule has 3 aliphatic heterocycles. The summed E-state index contributed by atoms with van der Waals surface area (Å²) in [7, 11) is 0. The van der Waals surface area contributed by atoms with Crippen LogP contribution in [0.5, 0.6) is 97.7 Å². The molecular formula is C79H72O37. The zero-order chi connectivity index (χ0) is 85.5. The fourth-order valence-corrected chi connectivity index (χ4v) is 13.1. The lowest BCUT2D eigenvalue weighted by molar-refractivity contribution is -0.155. The van der Waals surface area contributed by atoms with Crippen molar-refractivity contribution in [3.05, 3.63) is 111 Å². The van der Waals surface area contributed by atoms with Gasteiger partial charge < -0.3 is 94.7 Å². The average Bonchev–Trinajstić information content (AvgIpc) is 0.702. The zero-order valence-electron chi connectivity index (χ0n) is 64.8. The Hall–Kier alpha value is -14.3. The lowest BCUT2D eigenvalue weighted by atomic mass is 9.73. The number of ether oxygens (including phenoxy) is 20. The van der Waals surface area contributed by atoms with Gasteiger partial charge in [-0.15, -0.1) is 0 Å². The quantitative estimate of drug-likeness (QED) is 0.0348. The highest BCUT2D eigenvalue weighted by Gasteiger charge is 2.55. The van der Waals surface area contributed by atoms with Crippen LogP contribution in [0, 0.1) is 0 Å². The Morgan fingerprint density at radius 1 is 0.259 bits per heavy atom. The summed E-state index contributed by atoms with van der Waals surface area (Å²) >= 11 is 0. The molecule has 0 saturated heterocycles. The molecule has 0 saturated carbocycles. The van der Waals surface area contributed by atoms with Gasteiger partial charge in [-0.25, -0.2) is 0 Å². The van der Waals surface area contributed by atoms with E-state index in [9.17, 15) is 81.5 Å². The summed E-state index contributed by atoms with van der Waals surface area (Å²) in [5.41, 5.74) is -3.61. The fourth-order valence-electron chi connectivity index (χ4n) is 13.1. The molecule has 37 heteroatoms. The molecular weight excluding hydrogens is 1540 g/mol. The summed E-state index contributed by atoms with van der Waals surface area (Å²) in [6, 6.07) is 11.4. The van der Waals surface area contributed by atoms with E-state index >= 15 is 0 Å². The highest BCUT2D eigenvalue weighted by molar-refractivity contribution is 5.85. The van der Waals surface area contributed by atoms with Crippen molar-refractivity contribution < 1.29 is 176 Å². The van der Waals surface area contributed by atoms with E-state index < -0.39 is 276 Å². The molecule has 0 bridgehead atoms. The van der Waals surface area contributed by atoms with Gasteiger partial charge in [0.1, 0.15) is 57.8 Å². The Labute approximate surface area is 656 Å². The minimum Gasteiger partial charge on any atom is -0.481 e. The van der Waals surface area contributed by atoms with Crippen molar-refractivity contribution >= 4 is 101 Å². The predicted molar refractivity (Wildman–Crippen MR) is 381 cm³/mol. The first-order valence-corrected chi connectivity index (χ1v) is 34.6. The van der Waals surface area contributed by atoms with E-state index in [0.29, 0.717) is 0 Å². The van der Waals surface area contributed by atoms with Crippen molar-refractivity contribution in [1.82, 2.24) is 0 Å². The lowest BCUT2D eigenvalue weighted by Crippen LogP contribution is -2.42.